The average Bonchev–Trinajstić information content (AvgIpc) is 2.69. The smallest absolute Gasteiger partial charge is 0.0480 e. The van der Waals surface area contributed by atoms with Crippen molar-refractivity contribution in [1.29, 1.82) is 0 Å². The number of aromatic nitrogens is 1. The summed E-state index contributed by atoms with van der Waals surface area (Å²) in [6.45, 7) is 11.0. The minimum atomic E-state index is 0.234. The van der Waals surface area contributed by atoms with Gasteiger partial charge in [0.1, 0.15) is 0 Å². The van der Waals surface area contributed by atoms with Gasteiger partial charge in [-0.3, -0.25) is 0 Å². The normalized spacial score (nSPS) is 12.2. The molecule has 1 aromatic carbocycles. The molecule has 1 N–H and O–H groups in total. The van der Waals surface area contributed by atoms with Crippen LogP contribution in [-0.4, -0.2) is 16.7 Å². The van der Waals surface area contributed by atoms with E-state index < -0.39 is 0 Å². The molecule has 0 radical (unpaired) electrons. The molecule has 0 fully saturated rings. The predicted molar refractivity (Wildman–Crippen MR) is 83.7 cm³/mol. The van der Waals surface area contributed by atoms with Gasteiger partial charge >= 0.3 is 0 Å². The molecule has 0 spiro atoms. The highest BCUT2D eigenvalue weighted by Gasteiger charge is 2.07. The van der Waals surface area contributed by atoms with Crippen molar-refractivity contribution in [1.82, 2.24) is 9.88 Å². The zero-order valence-corrected chi connectivity index (χ0v) is 12.7. The van der Waals surface area contributed by atoms with Crippen LogP contribution < -0.4 is 5.32 Å². The first-order valence-electron chi connectivity index (χ1n) is 7.26. The maximum atomic E-state index is 3.54. The van der Waals surface area contributed by atoms with E-state index in [-0.39, 0.29) is 5.54 Å². The van der Waals surface area contributed by atoms with Crippen molar-refractivity contribution in [2.45, 2.75) is 52.6 Å². The second-order valence-electron chi connectivity index (χ2n) is 6.46. The van der Waals surface area contributed by atoms with Crippen LogP contribution in [-0.2, 0) is 6.54 Å². The largest absolute Gasteiger partial charge is 0.347 e. The van der Waals surface area contributed by atoms with Crippen LogP contribution in [0.5, 0.6) is 0 Å². The minimum absolute atomic E-state index is 0.234. The third-order valence-corrected chi connectivity index (χ3v) is 3.41. The fraction of sp³-hybridized carbons (Fsp3) is 0.529. The Morgan fingerprint density at radius 3 is 2.63 bits per heavy atom. The summed E-state index contributed by atoms with van der Waals surface area (Å²) in [7, 11) is 0. The molecule has 2 aromatic rings. The molecule has 19 heavy (non-hydrogen) atoms. The summed E-state index contributed by atoms with van der Waals surface area (Å²) in [5.74, 6) is 0. The van der Waals surface area contributed by atoms with E-state index in [2.05, 4.69) is 68.0 Å². The first kappa shape index (κ1) is 14.1. The fourth-order valence-corrected chi connectivity index (χ4v) is 2.39. The Bertz CT molecular complexity index is 532. The van der Waals surface area contributed by atoms with Gasteiger partial charge in [0.2, 0.25) is 0 Å². The minimum Gasteiger partial charge on any atom is -0.347 e. The molecule has 0 aliphatic heterocycles. The SMILES string of the molecule is Cc1ccc2c(ccn2CCCCNC(C)(C)C)c1. The van der Waals surface area contributed by atoms with Gasteiger partial charge in [0, 0.05) is 23.8 Å². The van der Waals surface area contributed by atoms with Crippen molar-refractivity contribution in [3.8, 4) is 0 Å². The molecule has 1 heterocycles. The summed E-state index contributed by atoms with van der Waals surface area (Å²) in [6, 6.07) is 8.90. The van der Waals surface area contributed by atoms with Crippen molar-refractivity contribution in [3.63, 3.8) is 0 Å². The Hall–Kier alpha value is -1.28. The molecule has 0 atom stereocenters. The van der Waals surface area contributed by atoms with E-state index in [1.807, 2.05) is 0 Å². The molecule has 0 amide bonds. The number of fused-ring (bicyclic) bond motifs is 1. The molecule has 104 valence electrons. The topological polar surface area (TPSA) is 17.0 Å². The van der Waals surface area contributed by atoms with Crippen molar-refractivity contribution >= 4 is 10.9 Å². The van der Waals surface area contributed by atoms with Crippen LogP contribution in [0, 0.1) is 6.92 Å². The molecule has 0 saturated carbocycles. The molecule has 0 unspecified atom stereocenters. The van der Waals surface area contributed by atoms with Crippen LogP contribution in [0.15, 0.2) is 30.5 Å². The Morgan fingerprint density at radius 1 is 1.11 bits per heavy atom. The Morgan fingerprint density at radius 2 is 1.89 bits per heavy atom. The summed E-state index contributed by atoms with van der Waals surface area (Å²) in [5.41, 5.74) is 2.92. The number of nitrogens with zero attached hydrogens (tertiary/aromatic N) is 1. The van der Waals surface area contributed by atoms with Crippen molar-refractivity contribution in [2.24, 2.45) is 0 Å². The van der Waals surface area contributed by atoms with Crippen molar-refractivity contribution in [2.75, 3.05) is 6.54 Å². The lowest BCUT2D eigenvalue weighted by atomic mass is 10.1. The Kier molecular flexibility index (Phi) is 4.31. The third-order valence-electron chi connectivity index (χ3n) is 3.41. The van der Waals surface area contributed by atoms with E-state index in [1.54, 1.807) is 0 Å². The van der Waals surface area contributed by atoms with Gasteiger partial charge in [0.15, 0.2) is 0 Å². The summed E-state index contributed by atoms with van der Waals surface area (Å²) in [5, 5.41) is 4.89. The number of aryl methyl sites for hydroxylation is 2. The van der Waals surface area contributed by atoms with Gasteiger partial charge in [-0.1, -0.05) is 11.6 Å². The molecule has 0 aliphatic carbocycles. The molecule has 2 heteroatoms. The van der Waals surface area contributed by atoms with Crippen LogP contribution in [0.4, 0.5) is 0 Å². The summed E-state index contributed by atoms with van der Waals surface area (Å²) < 4.78 is 2.37. The van der Waals surface area contributed by atoms with Crippen LogP contribution >= 0.6 is 0 Å². The lowest BCUT2D eigenvalue weighted by Crippen LogP contribution is -2.36. The molecule has 0 aliphatic rings. The van der Waals surface area contributed by atoms with Gasteiger partial charge in [0.05, 0.1) is 0 Å². The van der Waals surface area contributed by atoms with Crippen LogP contribution in [0.1, 0.15) is 39.2 Å². The van der Waals surface area contributed by atoms with E-state index in [1.165, 1.54) is 29.3 Å². The monoisotopic (exact) mass is 258 g/mol. The van der Waals surface area contributed by atoms with Crippen LogP contribution in [0.25, 0.3) is 10.9 Å². The number of nitrogens with one attached hydrogen (secondary N) is 1. The quantitative estimate of drug-likeness (QED) is 0.798. The maximum Gasteiger partial charge on any atom is 0.0480 e. The molecule has 0 bridgehead atoms. The van der Waals surface area contributed by atoms with Gasteiger partial charge in [-0.2, -0.15) is 0 Å². The average molecular weight is 258 g/mol. The predicted octanol–water partition coefficient (Wildman–Crippen LogP) is 4.12. The number of hydrogen-bond acceptors (Lipinski definition) is 1. The van der Waals surface area contributed by atoms with Crippen molar-refractivity contribution in [3.05, 3.63) is 36.0 Å². The van der Waals surface area contributed by atoms with Crippen molar-refractivity contribution < 1.29 is 0 Å². The van der Waals surface area contributed by atoms with Gasteiger partial charge in [0.25, 0.3) is 0 Å². The van der Waals surface area contributed by atoms with Gasteiger partial charge in [-0.25, -0.2) is 0 Å². The van der Waals surface area contributed by atoms with E-state index >= 15 is 0 Å². The number of rotatable bonds is 5. The number of benzene rings is 1. The molecular weight excluding hydrogens is 232 g/mol. The highest BCUT2D eigenvalue weighted by atomic mass is 15.0. The summed E-state index contributed by atoms with van der Waals surface area (Å²) in [6.07, 6.45) is 4.66. The van der Waals surface area contributed by atoms with Crippen LogP contribution in [0.3, 0.4) is 0 Å². The van der Waals surface area contributed by atoms with Gasteiger partial charge in [-0.15, -0.1) is 0 Å². The Balaban J connectivity index is 1.85. The highest BCUT2D eigenvalue weighted by molar-refractivity contribution is 5.80. The summed E-state index contributed by atoms with van der Waals surface area (Å²) in [4.78, 5) is 0. The first-order chi connectivity index (χ1) is 8.96. The standard InChI is InChI=1S/C17H26N2/c1-14-7-8-16-15(13-14)9-12-19(16)11-6-5-10-18-17(2,3)4/h7-9,12-13,18H,5-6,10-11H2,1-4H3. The Labute approximate surface area is 116 Å². The lowest BCUT2D eigenvalue weighted by Gasteiger charge is -2.20. The molecular formula is C17H26N2. The van der Waals surface area contributed by atoms with E-state index in [4.69, 9.17) is 0 Å². The lowest BCUT2D eigenvalue weighted by molar-refractivity contribution is 0.415. The second-order valence-corrected chi connectivity index (χ2v) is 6.46. The first-order valence-corrected chi connectivity index (χ1v) is 7.26. The van der Waals surface area contributed by atoms with E-state index in [0.717, 1.165) is 13.1 Å². The zero-order chi connectivity index (χ0) is 13.9. The molecule has 1 aromatic heterocycles. The van der Waals surface area contributed by atoms with E-state index in [9.17, 15) is 0 Å². The molecule has 2 rings (SSSR count). The maximum absolute atomic E-state index is 3.54. The van der Waals surface area contributed by atoms with Gasteiger partial charge in [-0.05, 0) is 70.7 Å². The van der Waals surface area contributed by atoms with Crippen LogP contribution in [0.2, 0.25) is 0 Å². The number of hydrogen-bond donors (Lipinski definition) is 1. The zero-order valence-electron chi connectivity index (χ0n) is 12.7. The third kappa shape index (κ3) is 4.10. The second kappa shape index (κ2) is 5.79. The number of unbranched alkanes of at least 4 members (excludes halogenated alkanes) is 1. The summed E-state index contributed by atoms with van der Waals surface area (Å²) >= 11 is 0. The highest BCUT2D eigenvalue weighted by Crippen LogP contribution is 2.17. The molecule has 0 saturated heterocycles. The molecule has 2 nitrogen and oxygen atoms in total. The fourth-order valence-electron chi connectivity index (χ4n) is 2.39. The van der Waals surface area contributed by atoms with E-state index in [0.29, 0.717) is 0 Å². The van der Waals surface area contributed by atoms with Gasteiger partial charge < -0.3 is 9.88 Å².